The lowest BCUT2D eigenvalue weighted by Crippen LogP contribution is -2.44. The van der Waals surface area contributed by atoms with Crippen LogP contribution in [0, 0.1) is 0 Å². The highest BCUT2D eigenvalue weighted by Gasteiger charge is 2.40. The van der Waals surface area contributed by atoms with E-state index in [1.54, 1.807) is 57.2 Å². The number of esters is 2. The molecular formula is C32H34ClNO8. The number of anilines is 1. The van der Waals surface area contributed by atoms with E-state index in [-0.39, 0.29) is 6.42 Å². The third-order valence-corrected chi connectivity index (χ3v) is 6.66. The molecule has 0 saturated carbocycles. The summed E-state index contributed by atoms with van der Waals surface area (Å²) in [7, 11) is 2.74. The van der Waals surface area contributed by atoms with Gasteiger partial charge in [0.15, 0.2) is 11.5 Å². The highest BCUT2D eigenvalue weighted by Crippen LogP contribution is 2.45. The van der Waals surface area contributed by atoms with Crippen molar-refractivity contribution in [3.05, 3.63) is 88.4 Å². The maximum atomic E-state index is 13.9. The average Bonchev–Trinajstić information content (AvgIpc) is 3.05. The van der Waals surface area contributed by atoms with Crippen molar-refractivity contribution in [1.29, 1.82) is 0 Å². The number of amides is 1. The number of carbonyl (C=O) groups excluding carboxylic acids is 3. The predicted molar refractivity (Wildman–Crippen MR) is 157 cm³/mol. The van der Waals surface area contributed by atoms with E-state index in [4.69, 9.17) is 35.3 Å². The molecule has 1 aliphatic heterocycles. The number of nitrogens with zero attached hydrogens (tertiary/aromatic N) is 1. The van der Waals surface area contributed by atoms with Crippen LogP contribution >= 0.6 is 11.6 Å². The van der Waals surface area contributed by atoms with Crippen LogP contribution in [0.3, 0.4) is 0 Å². The molecule has 42 heavy (non-hydrogen) atoms. The van der Waals surface area contributed by atoms with Crippen molar-refractivity contribution in [3.63, 3.8) is 0 Å². The first-order valence-electron chi connectivity index (χ1n) is 13.4. The summed E-state index contributed by atoms with van der Waals surface area (Å²) in [6.07, 6.45) is -2.61. The lowest BCUT2D eigenvalue weighted by atomic mass is 9.98. The third kappa shape index (κ3) is 7.40. The molecule has 0 unspecified atom stereocenters. The molecule has 2 atom stereocenters. The van der Waals surface area contributed by atoms with Gasteiger partial charge < -0.3 is 23.7 Å². The molecule has 3 aromatic rings. The fourth-order valence-corrected chi connectivity index (χ4v) is 4.83. The van der Waals surface area contributed by atoms with E-state index in [0.717, 1.165) is 5.56 Å². The van der Waals surface area contributed by atoms with E-state index in [9.17, 15) is 14.4 Å². The van der Waals surface area contributed by atoms with Crippen molar-refractivity contribution in [3.8, 4) is 11.5 Å². The number of methoxy groups -OCH3 is 2. The Bertz CT molecular complexity index is 1440. The van der Waals surface area contributed by atoms with Crippen LogP contribution in [0.1, 0.15) is 50.0 Å². The minimum atomic E-state index is -1.30. The highest BCUT2D eigenvalue weighted by atomic mass is 35.5. The largest absolute Gasteiger partial charge is 0.492 e. The number of ether oxygens (including phenoxy) is 5. The Balaban J connectivity index is 1.81. The normalized spacial score (nSPS) is 16.7. The molecule has 1 heterocycles. The van der Waals surface area contributed by atoms with Gasteiger partial charge in [-0.1, -0.05) is 54.1 Å². The molecule has 0 spiro atoms. The van der Waals surface area contributed by atoms with Crippen LogP contribution in [0.5, 0.6) is 11.5 Å². The van der Waals surface area contributed by atoms with Gasteiger partial charge in [0.1, 0.15) is 31.0 Å². The minimum Gasteiger partial charge on any atom is -0.492 e. The molecule has 222 valence electrons. The Kier molecular flexibility index (Phi) is 9.75. The molecule has 4 rings (SSSR count). The zero-order valence-corrected chi connectivity index (χ0v) is 25.0. The molecule has 0 fully saturated rings. The molecule has 1 amide bonds. The Morgan fingerprint density at radius 2 is 1.69 bits per heavy atom. The number of fused-ring (bicyclic) bond motifs is 1. The van der Waals surface area contributed by atoms with Crippen molar-refractivity contribution in [1.82, 2.24) is 0 Å². The quantitative estimate of drug-likeness (QED) is 0.292. The van der Waals surface area contributed by atoms with Gasteiger partial charge in [-0.2, -0.15) is 0 Å². The number of rotatable bonds is 9. The van der Waals surface area contributed by atoms with Crippen LogP contribution in [-0.4, -0.2) is 50.3 Å². The van der Waals surface area contributed by atoms with E-state index in [1.807, 2.05) is 30.3 Å². The summed E-state index contributed by atoms with van der Waals surface area (Å²) >= 11 is 6.44. The predicted octanol–water partition coefficient (Wildman–Crippen LogP) is 5.65. The summed E-state index contributed by atoms with van der Waals surface area (Å²) in [4.78, 5) is 40.5. The lowest BCUT2D eigenvalue weighted by Gasteiger charge is -2.26. The molecule has 9 nitrogen and oxygen atoms in total. The van der Waals surface area contributed by atoms with Crippen molar-refractivity contribution >= 4 is 35.1 Å². The van der Waals surface area contributed by atoms with Gasteiger partial charge in [0.25, 0.3) is 5.91 Å². The van der Waals surface area contributed by atoms with E-state index in [2.05, 4.69) is 0 Å². The number of halogens is 1. The fourth-order valence-electron chi connectivity index (χ4n) is 4.65. The van der Waals surface area contributed by atoms with Gasteiger partial charge in [0.2, 0.25) is 0 Å². The summed E-state index contributed by atoms with van der Waals surface area (Å²) < 4.78 is 28.7. The molecular weight excluding hydrogens is 562 g/mol. The van der Waals surface area contributed by atoms with Gasteiger partial charge in [-0.3, -0.25) is 19.3 Å². The maximum absolute atomic E-state index is 13.9. The van der Waals surface area contributed by atoms with Gasteiger partial charge in [-0.25, -0.2) is 0 Å². The first kappa shape index (κ1) is 30.9. The topological polar surface area (TPSA) is 101 Å². The Morgan fingerprint density at radius 3 is 2.36 bits per heavy atom. The fraction of sp³-hybridized carbons (Fsp3) is 0.344. The second-order valence-electron chi connectivity index (χ2n) is 10.7. The zero-order valence-electron chi connectivity index (χ0n) is 24.2. The Hall–Kier alpha value is -4.08. The van der Waals surface area contributed by atoms with Gasteiger partial charge in [-0.15, -0.1) is 0 Å². The Morgan fingerprint density at radius 1 is 0.952 bits per heavy atom. The molecule has 0 bridgehead atoms. The first-order chi connectivity index (χ1) is 20.0. The van der Waals surface area contributed by atoms with Crippen LogP contribution in [0.4, 0.5) is 5.69 Å². The van der Waals surface area contributed by atoms with Gasteiger partial charge >= 0.3 is 11.9 Å². The number of hydrogen-bond donors (Lipinski definition) is 0. The SMILES string of the molecule is COC(=O)C[C@H]1O[C@H](c2cccc(OCc3ccccc3)c2OC)c2cc(Cl)ccc2N(CC(=O)OC(C)(C)C)C1=O. The number of benzene rings is 3. The Labute approximate surface area is 250 Å². The van der Waals surface area contributed by atoms with Crippen LogP contribution < -0.4 is 14.4 Å². The molecule has 0 aliphatic carbocycles. The maximum Gasteiger partial charge on any atom is 0.326 e. The molecule has 1 aliphatic rings. The smallest absolute Gasteiger partial charge is 0.326 e. The van der Waals surface area contributed by atoms with Crippen LogP contribution in [-0.2, 0) is 35.2 Å². The van der Waals surface area contributed by atoms with E-state index < -0.39 is 42.2 Å². The molecule has 0 saturated heterocycles. The van der Waals surface area contributed by atoms with Gasteiger partial charge in [0, 0.05) is 16.1 Å². The lowest BCUT2D eigenvalue weighted by molar-refractivity contribution is -0.154. The summed E-state index contributed by atoms with van der Waals surface area (Å²) in [5, 5.41) is 0.383. The molecule has 3 aromatic carbocycles. The number of para-hydroxylation sites is 1. The van der Waals surface area contributed by atoms with E-state index in [1.165, 1.54) is 19.1 Å². The summed E-state index contributed by atoms with van der Waals surface area (Å²) in [6.45, 7) is 5.10. The monoisotopic (exact) mass is 595 g/mol. The van der Waals surface area contributed by atoms with Gasteiger partial charge in [-0.05, 0) is 50.6 Å². The highest BCUT2D eigenvalue weighted by molar-refractivity contribution is 6.30. The van der Waals surface area contributed by atoms with Gasteiger partial charge in [0.05, 0.1) is 26.3 Å². The van der Waals surface area contributed by atoms with E-state index >= 15 is 0 Å². The van der Waals surface area contributed by atoms with Crippen LogP contribution in [0.15, 0.2) is 66.7 Å². The van der Waals surface area contributed by atoms with Crippen molar-refractivity contribution in [2.24, 2.45) is 0 Å². The van der Waals surface area contributed by atoms with Crippen LogP contribution in [0.2, 0.25) is 5.02 Å². The minimum absolute atomic E-state index is 0.293. The molecule has 10 heteroatoms. The number of hydrogen-bond acceptors (Lipinski definition) is 8. The first-order valence-corrected chi connectivity index (χ1v) is 13.8. The summed E-state index contributed by atoms with van der Waals surface area (Å²) in [5.41, 5.74) is 1.60. The summed E-state index contributed by atoms with van der Waals surface area (Å²) in [6, 6.07) is 19.9. The molecule has 0 aromatic heterocycles. The molecule has 0 N–H and O–H groups in total. The number of carbonyl (C=O) groups is 3. The van der Waals surface area contributed by atoms with Crippen molar-refractivity contribution < 1.29 is 38.1 Å². The average molecular weight is 596 g/mol. The van der Waals surface area contributed by atoms with Crippen molar-refractivity contribution in [2.75, 3.05) is 25.7 Å². The second-order valence-corrected chi connectivity index (χ2v) is 11.1. The second kappa shape index (κ2) is 13.3. The van der Waals surface area contributed by atoms with Crippen molar-refractivity contribution in [2.45, 2.75) is 51.6 Å². The van der Waals surface area contributed by atoms with Crippen LogP contribution in [0.25, 0.3) is 0 Å². The zero-order chi connectivity index (χ0) is 30.4. The van der Waals surface area contributed by atoms with E-state index in [0.29, 0.717) is 39.9 Å². The molecule has 0 radical (unpaired) electrons. The standard InChI is InChI=1S/C32H34ClNO8/c1-32(2,3)42-28(36)18-34-24-15-14-21(33)16-23(24)29(41-26(31(34)37)17-27(35)38-4)22-12-9-13-25(30(22)39-5)40-19-20-10-7-6-8-11-20/h6-16,26,29H,17-19H2,1-5H3/t26-,29-/m1/s1. The summed E-state index contributed by atoms with van der Waals surface area (Å²) in [5.74, 6) is -1.04. The third-order valence-electron chi connectivity index (χ3n) is 6.42.